The zero-order valence-corrected chi connectivity index (χ0v) is 24.2. The van der Waals surface area contributed by atoms with E-state index >= 15 is 0 Å². The van der Waals surface area contributed by atoms with Crippen molar-refractivity contribution in [1.29, 1.82) is 0 Å². The molecule has 1 aliphatic heterocycles. The maximum atomic E-state index is 13.6. The molecule has 3 aliphatic rings. The molecule has 1 N–H and O–H groups in total. The minimum Gasteiger partial charge on any atom is -0.490 e. The van der Waals surface area contributed by atoms with Gasteiger partial charge >= 0.3 is 18.3 Å². The average molecular weight is 600 g/mol. The Morgan fingerprint density at radius 2 is 1.71 bits per heavy atom. The zero-order chi connectivity index (χ0) is 30.8. The number of hydrogen-bond acceptors (Lipinski definition) is 3. The van der Waals surface area contributed by atoms with E-state index in [4.69, 9.17) is 4.74 Å². The van der Waals surface area contributed by atoms with Gasteiger partial charge in [0.05, 0.1) is 17.0 Å². The fourth-order valence-electron chi connectivity index (χ4n) is 6.00. The SMILES string of the molecule is C1CC1.CC(Cc1ccc2c(c1)OC(C1CC(N(C)Cc3cc(C(F)(F)F)ccc3C(F)(F)F)CC1C)CC2)C(=O)O. The number of carbonyl (C=O) groups is 1. The summed E-state index contributed by atoms with van der Waals surface area (Å²) < 4.78 is 86.9. The third-order valence-corrected chi connectivity index (χ3v) is 8.60. The Bertz CT molecular complexity index is 1240. The molecular weight excluding hydrogens is 560 g/mol. The standard InChI is InChI=1S/C29H33F6NO3.C3H6/c1-16-11-22(36(3)15-20-13-21(28(30,31)32)7-8-24(20)29(33,34)35)14-23(16)25-9-6-19-5-4-18(12-26(19)39-25)10-17(2)27(37)38;1-2-3-1/h4-5,7-8,12-13,16-17,22-23,25H,6,9-11,14-15H2,1-3H3,(H,37,38);1-3H2. The Balaban J connectivity index is 0.00000127. The van der Waals surface area contributed by atoms with Crippen molar-refractivity contribution < 1.29 is 41.0 Å². The smallest absolute Gasteiger partial charge is 0.416 e. The van der Waals surface area contributed by atoms with E-state index in [1.165, 1.54) is 19.3 Å². The summed E-state index contributed by atoms with van der Waals surface area (Å²) >= 11 is 0. The van der Waals surface area contributed by atoms with Gasteiger partial charge in [-0.3, -0.25) is 9.69 Å². The summed E-state index contributed by atoms with van der Waals surface area (Å²) in [5.74, 6) is -0.306. The summed E-state index contributed by atoms with van der Waals surface area (Å²) in [6.07, 6.45) is -1.75. The number of aliphatic carboxylic acids is 1. The highest BCUT2D eigenvalue weighted by Gasteiger charge is 2.42. The molecule has 2 fully saturated rings. The molecule has 0 spiro atoms. The van der Waals surface area contributed by atoms with Crippen LogP contribution in [0, 0.1) is 17.8 Å². The molecule has 232 valence electrons. The summed E-state index contributed by atoms with van der Waals surface area (Å²) in [4.78, 5) is 13.0. The summed E-state index contributed by atoms with van der Waals surface area (Å²) in [5.41, 5.74) is -0.598. The average Bonchev–Trinajstić information content (AvgIpc) is 3.74. The van der Waals surface area contributed by atoms with Gasteiger partial charge in [0.2, 0.25) is 0 Å². The lowest BCUT2D eigenvalue weighted by molar-refractivity contribution is -0.142. The Morgan fingerprint density at radius 3 is 2.31 bits per heavy atom. The van der Waals surface area contributed by atoms with Gasteiger partial charge in [-0.2, -0.15) is 26.3 Å². The molecule has 5 atom stereocenters. The lowest BCUT2D eigenvalue weighted by atomic mass is 9.86. The fourth-order valence-corrected chi connectivity index (χ4v) is 6.00. The van der Waals surface area contributed by atoms with Crippen LogP contribution in [0.15, 0.2) is 36.4 Å². The molecule has 1 heterocycles. The lowest BCUT2D eigenvalue weighted by Gasteiger charge is -2.33. The predicted octanol–water partition coefficient (Wildman–Crippen LogP) is 8.40. The van der Waals surface area contributed by atoms with E-state index in [0.29, 0.717) is 37.5 Å². The highest BCUT2D eigenvalue weighted by Crippen LogP contribution is 2.43. The van der Waals surface area contributed by atoms with Crippen LogP contribution in [-0.4, -0.2) is 35.2 Å². The van der Waals surface area contributed by atoms with E-state index in [-0.39, 0.29) is 36.1 Å². The molecule has 0 saturated heterocycles. The maximum Gasteiger partial charge on any atom is 0.416 e. The van der Waals surface area contributed by atoms with Crippen molar-refractivity contribution >= 4 is 5.97 Å². The van der Waals surface area contributed by atoms with Gasteiger partial charge in [0.1, 0.15) is 11.9 Å². The van der Waals surface area contributed by atoms with Crippen molar-refractivity contribution in [3.8, 4) is 5.75 Å². The van der Waals surface area contributed by atoms with Crippen molar-refractivity contribution in [3.05, 3.63) is 64.2 Å². The van der Waals surface area contributed by atoms with Gasteiger partial charge in [0.25, 0.3) is 0 Å². The molecule has 2 aromatic carbocycles. The molecule has 2 aromatic rings. The number of fused-ring (bicyclic) bond motifs is 1. The Hall–Kier alpha value is -2.75. The first-order valence-corrected chi connectivity index (χ1v) is 14.6. The molecule has 0 bridgehead atoms. The van der Waals surface area contributed by atoms with Crippen LogP contribution in [-0.2, 0) is 36.5 Å². The molecule has 2 aliphatic carbocycles. The number of benzene rings is 2. The molecule has 5 unspecified atom stereocenters. The van der Waals surface area contributed by atoms with Crippen LogP contribution in [0.4, 0.5) is 26.3 Å². The van der Waals surface area contributed by atoms with Gasteiger partial charge in [0, 0.05) is 12.6 Å². The number of carboxylic acids is 1. The number of rotatable bonds is 7. The summed E-state index contributed by atoms with van der Waals surface area (Å²) in [5, 5.41) is 9.22. The van der Waals surface area contributed by atoms with E-state index in [2.05, 4.69) is 6.92 Å². The van der Waals surface area contributed by atoms with Gasteiger partial charge in [0.15, 0.2) is 0 Å². The monoisotopic (exact) mass is 599 g/mol. The first-order valence-electron chi connectivity index (χ1n) is 14.6. The third-order valence-electron chi connectivity index (χ3n) is 8.60. The van der Waals surface area contributed by atoms with Crippen LogP contribution in [0.3, 0.4) is 0 Å². The van der Waals surface area contributed by atoms with Gasteiger partial charge in [-0.25, -0.2) is 0 Å². The highest BCUT2D eigenvalue weighted by molar-refractivity contribution is 5.70. The van der Waals surface area contributed by atoms with Crippen LogP contribution in [0.2, 0.25) is 0 Å². The topological polar surface area (TPSA) is 49.8 Å². The van der Waals surface area contributed by atoms with Gasteiger partial charge in [-0.15, -0.1) is 0 Å². The molecular formula is C32H39F6NO3. The van der Waals surface area contributed by atoms with Crippen molar-refractivity contribution in [2.75, 3.05) is 7.05 Å². The maximum absolute atomic E-state index is 13.6. The van der Waals surface area contributed by atoms with Gasteiger partial charge < -0.3 is 9.84 Å². The van der Waals surface area contributed by atoms with E-state index in [9.17, 15) is 36.2 Å². The molecule has 42 heavy (non-hydrogen) atoms. The first kappa shape index (κ1) is 32.2. The van der Waals surface area contributed by atoms with Crippen LogP contribution >= 0.6 is 0 Å². The van der Waals surface area contributed by atoms with Gasteiger partial charge in [-0.05, 0) is 91.9 Å². The summed E-state index contributed by atoms with van der Waals surface area (Å²) in [6.45, 7) is 3.48. The number of hydrogen-bond donors (Lipinski definition) is 1. The molecule has 10 heteroatoms. The number of halogens is 6. The second-order valence-corrected chi connectivity index (χ2v) is 12.2. The molecule has 0 radical (unpaired) electrons. The number of carboxylic acid groups (broad SMARTS) is 1. The van der Waals surface area contributed by atoms with Gasteiger partial charge in [-0.1, -0.05) is 45.2 Å². The minimum absolute atomic E-state index is 0.0997. The second kappa shape index (κ2) is 12.9. The van der Waals surface area contributed by atoms with Crippen molar-refractivity contribution in [2.45, 2.75) is 96.3 Å². The number of aryl methyl sites for hydroxylation is 1. The largest absolute Gasteiger partial charge is 0.490 e. The van der Waals surface area contributed by atoms with Crippen molar-refractivity contribution in [2.24, 2.45) is 17.8 Å². The van der Waals surface area contributed by atoms with Crippen molar-refractivity contribution in [1.82, 2.24) is 4.90 Å². The highest BCUT2D eigenvalue weighted by atomic mass is 19.4. The van der Waals surface area contributed by atoms with E-state index in [1.54, 1.807) is 18.9 Å². The predicted molar refractivity (Wildman–Crippen MR) is 147 cm³/mol. The quantitative estimate of drug-likeness (QED) is 0.325. The Labute approximate surface area is 243 Å². The summed E-state index contributed by atoms with van der Waals surface area (Å²) in [6, 6.07) is 7.30. The lowest BCUT2D eigenvalue weighted by Crippen LogP contribution is -2.34. The molecule has 2 saturated carbocycles. The fraction of sp³-hybridized carbons (Fsp3) is 0.594. The van der Waals surface area contributed by atoms with Crippen molar-refractivity contribution in [3.63, 3.8) is 0 Å². The molecule has 0 aromatic heterocycles. The van der Waals surface area contributed by atoms with Crippen LogP contribution in [0.25, 0.3) is 0 Å². The van der Waals surface area contributed by atoms with Crippen LogP contribution < -0.4 is 4.74 Å². The molecule has 0 amide bonds. The number of alkyl halides is 6. The second-order valence-electron chi connectivity index (χ2n) is 12.2. The first-order chi connectivity index (χ1) is 19.6. The Kier molecular flexibility index (Phi) is 9.85. The van der Waals surface area contributed by atoms with Crippen LogP contribution in [0.5, 0.6) is 5.75 Å². The van der Waals surface area contributed by atoms with E-state index < -0.39 is 35.4 Å². The zero-order valence-electron chi connectivity index (χ0n) is 24.2. The van der Waals surface area contributed by atoms with E-state index in [1.807, 2.05) is 18.2 Å². The number of nitrogens with zero attached hydrogens (tertiary/aromatic N) is 1. The molecule has 4 nitrogen and oxygen atoms in total. The normalized spacial score (nSPS) is 24.3. The van der Waals surface area contributed by atoms with E-state index in [0.717, 1.165) is 29.7 Å². The third kappa shape index (κ3) is 8.20. The Morgan fingerprint density at radius 1 is 1.02 bits per heavy atom. The minimum atomic E-state index is -4.75. The van der Waals surface area contributed by atoms with Crippen LogP contribution in [0.1, 0.15) is 80.2 Å². The molecule has 5 rings (SSSR count). The summed E-state index contributed by atoms with van der Waals surface area (Å²) in [7, 11) is 1.66. The number of ether oxygens (including phenoxy) is 1.